The molecule has 2 saturated heterocycles. The van der Waals surface area contributed by atoms with E-state index in [4.69, 9.17) is 0 Å². The zero-order valence-electron chi connectivity index (χ0n) is 11.8. The van der Waals surface area contributed by atoms with Gasteiger partial charge in [-0.25, -0.2) is 0 Å². The molecule has 2 aliphatic rings. The van der Waals surface area contributed by atoms with Crippen molar-refractivity contribution in [3.8, 4) is 0 Å². The minimum absolute atomic E-state index is 0.150. The van der Waals surface area contributed by atoms with Gasteiger partial charge in [-0.3, -0.25) is 9.69 Å². The van der Waals surface area contributed by atoms with Gasteiger partial charge in [-0.15, -0.1) is 0 Å². The number of hydrogen-bond acceptors (Lipinski definition) is 4. The summed E-state index contributed by atoms with van der Waals surface area (Å²) >= 11 is 0. The zero-order chi connectivity index (χ0) is 13.1. The van der Waals surface area contributed by atoms with E-state index in [1.807, 2.05) is 0 Å². The summed E-state index contributed by atoms with van der Waals surface area (Å²) in [5, 5.41) is 6.41. The van der Waals surface area contributed by atoms with Crippen LogP contribution in [0, 0.1) is 11.8 Å². The Bertz CT molecular complexity index is 297. The maximum Gasteiger partial charge on any atom is 0.224 e. The van der Waals surface area contributed by atoms with Gasteiger partial charge in [-0.1, -0.05) is 6.92 Å². The van der Waals surface area contributed by atoms with Crippen molar-refractivity contribution in [2.75, 3.05) is 53.4 Å². The van der Waals surface area contributed by atoms with Crippen LogP contribution in [0.1, 0.15) is 6.92 Å². The molecule has 0 spiro atoms. The molecule has 0 aromatic heterocycles. The molecule has 3 atom stereocenters. The van der Waals surface area contributed by atoms with E-state index in [1.165, 1.54) is 0 Å². The molecule has 2 rings (SSSR count). The monoisotopic (exact) mass is 254 g/mol. The molecule has 0 aromatic rings. The van der Waals surface area contributed by atoms with Crippen LogP contribution in [0.2, 0.25) is 0 Å². The average molecular weight is 254 g/mol. The first kappa shape index (κ1) is 13.8. The van der Waals surface area contributed by atoms with E-state index in [2.05, 4.69) is 41.5 Å². The van der Waals surface area contributed by atoms with Crippen LogP contribution in [-0.4, -0.2) is 75.1 Å². The van der Waals surface area contributed by atoms with Crippen LogP contribution in [0.3, 0.4) is 0 Å². The highest BCUT2D eigenvalue weighted by Gasteiger charge is 2.30. The molecular weight excluding hydrogens is 228 g/mol. The Kier molecular flexibility index (Phi) is 4.59. The summed E-state index contributed by atoms with van der Waals surface area (Å²) in [6.45, 7) is 7.93. The van der Waals surface area contributed by atoms with Gasteiger partial charge in [0.1, 0.15) is 0 Å². The highest BCUT2D eigenvalue weighted by Crippen LogP contribution is 2.15. The van der Waals surface area contributed by atoms with Crippen molar-refractivity contribution >= 4 is 5.91 Å². The average Bonchev–Trinajstić information content (AvgIpc) is 2.76. The maximum absolute atomic E-state index is 12.1. The van der Waals surface area contributed by atoms with E-state index in [0.717, 1.165) is 39.3 Å². The predicted molar refractivity (Wildman–Crippen MR) is 72.4 cm³/mol. The second-order valence-electron chi connectivity index (χ2n) is 5.88. The molecule has 2 heterocycles. The number of rotatable bonds is 3. The standard InChI is InChI=1S/C13H26N4O/c1-10-6-14-8-12(10)13(18)15-7-11-9-16(2)4-5-17(11)3/h10-12,14H,4-9H2,1-3H3,(H,15,18)/t10-,11?,12-/m1/s1. The lowest BCUT2D eigenvalue weighted by molar-refractivity contribution is -0.125. The van der Waals surface area contributed by atoms with Gasteiger partial charge in [-0.05, 0) is 26.6 Å². The van der Waals surface area contributed by atoms with E-state index in [9.17, 15) is 4.79 Å². The lowest BCUT2D eigenvalue weighted by Gasteiger charge is -2.37. The molecule has 0 saturated carbocycles. The van der Waals surface area contributed by atoms with Crippen LogP contribution < -0.4 is 10.6 Å². The number of nitrogens with one attached hydrogen (secondary N) is 2. The molecule has 0 aliphatic carbocycles. The molecule has 5 nitrogen and oxygen atoms in total. The number of hydrogen-bond donors (Lipinski definition) is 2. The molecule has 2 fully saturated rings. The van der Waals surface area contributed by atoms with Crippen LogP contribution in [0.15, 0.2) is 0 Å². The minimum Gasteiger partial charge on any atom is -0.354 e. The first-order valence-corrected chi connectivity index (χ1v) is 6.95. The molecule has 1 unspecified atom stereocenters. The smallest absolute Gasteiger partial charge is 0.224 e. The van der Waals surface area contributed by atoms with Gasteiger partial charge in [0, 0.05) is 38.8 Å². The van der Waals surface area contributed by atoms with Gasteiger partial charge in [0.25, 0.3) is 0 Å². The van der Waals surface area contributed by atoms with Crippen LogP contribution >= 0.6 is 0 Å². The third kappa shape index (κ3) is 3.22. The Morgan fingerprint density at radius 2 is 2.11 bits per heavy atom. The maximum atomic E-state index is 12.1. The largest absolute Gasteiger partial charge is 0.354 e. The first-order chi connectivity index (χ1) is 8.58. The number of piperazine rings is 1. The lowest BCUT2D eigenvalue weighted by Crippen LogP contribution is -2.55. The molecular formula is C13H26N4O. The second kappa shape index (κ2) is 5.99. The second-order valence-corrected chi connectivity index (χ2v) is 5.88. The third-order valence-electron chi connectivity index (χ3n) is 4.35. The molecule has 0 radical (unpaired) electrons. The first-order valence-electron chi connectivity index (χ1n) is 6.95. The minimum atomic E-state index is 0.150. The summed E-state index contributed by atoms with van der Waals surface area (Å²) in [7, 11) is 4.29. The number of nitrogens with zero attached hydrogens (tertiary/aromatic N) is 2. The Labute approximate surface area is 110 Å². The summed E-state index contributed by atoms with van der Waals surface area (Å²) in [4.78, 5) is 16.8. The van der Waals surface area contributed by atoms with Gasteiger partial charge in [-0.2, -0.15) is 0 Å². The van der Waals surface area contributed by atoms with Gasteiger partial charge in [0.2, 0.25) is 5.91 Å². The number of carbonyl (C=O) groups excluding carboxylic acids is 1. The fourth-order valence-corrected chi connectivity index (χ4v) is 2.83. The van der Waals surface area contributed by atoms with Gasteiger partial charge in [0.05, 0.1) is 5.92 Å². The zero-order valence-corrected chi connectivity index (χ0v) is 11.8. The van der Waals surface area contributed by atoms with Crippen LogP contribution in [-0.2, 0) is 4.79 Å². The summed E-state index contributed by atoms with van der Waals surface area (Å²) in [6.07, 6.45) is 0. The number of amides is 1. The Hall–Kier alpha value is -0.650. The van der Waals surface area contributed by atoms with Crippen LogP contribution in [0.5, 0.6) is 0 Å². The van der Waals surface area contributed by atoms with Crippen LogP contribution in [0.25, 0.3) is 0 Å². The quantitative estimate of drug-likeness (QED) is 0.692. The molecule has 2 aliphatic heterocycles. The van der Waals surface area contributed by atoms with Crippen molar-refractivity contribution in [1.82, 2.24) is 20.4 Å². The molecule has 5 heteroatoms. The summed E-state index contributed by atoms with van der Waals surface area (Å²) < 4.78 is 0. The van der Waals surface area contributed by atoms with Crippen molar-refractivity contribution in [2.45, 2.75) is 13.0 Å². The SMILES string of the molecule is C[C@@H]1CNC[C@H]1C(=O)NCC1CN(C)CCN1C. The van der Waals surface area contributed by atoms with Crippen LogP contribution in [0.4, 0.5) is 0 Å². The van der Waals surface area contributed by atoms with Crippen molar-refractivity contribution in [1.29, 1.82) is 0 Å². The Morgan fingerprint density at radius 1 is 1.33 bits per heavy atom. The number of likely N-dealkylation sites (N-methyl/N-ethyl adjacent to an activating group) is 2. The van der Waals surface area contributed by atoms with Crippen molar-refractivity contribution in [3.05, 3.63) is 0 Å². The van der Waals surface area contributed by atoms with Gasteiger partial charge >= 0.3 is 0 Å². The third-order valence-corrected chi connectivity index (χ3v) is 4.35. The highest BCUT2D eigenvalue weighted by atomic mass is 16.1. The molecule has 18 heavy (non-hydrogen) atoms. The van der Waals surface area contributed by atoms with Crippen molar-refractivity contribution in [2.24, 2.45) is 11.8 Å². The summed E-state index contributed by atoms with van der Waals surface area (Å²) in [5.41, 5.74) is 0. The lowest BCUT2D eigenvalue weighted by atomic mass is 9.97. The van der Waals surface area contributed by atoms with Gasteiger partial charge in [0.15, 0.2) is 0 Å². The Balaban J connectivity index is 1.78. The van der Waals surface area contributed by atoms with Gasteiger partial charge < -0.3 is 15.5 Å². The van der Waals surface area contributed by atoms with E-state index >= 15 is 0 Å². The van der Waals surface area contributed by atoms with Crippen molar-refractivity contribution in [3.63, 3.8) is 0 Å². The fraction of sp³-hybridized carbons (Fsp3) is 0.923. The highest BCUT2D eigenvalue weighted by molar-refractivity contribution is 5.79. The molecule has 1 amide bonds. The molecule has 0 bridgehead atoms. The van der Waals surface area contributed by atoms with Crippen molar-refractivity contribution < 1.29 is 4.79 Å². The Morgan fingerprint density at radius 3 is 2.78 bits per heavy atom. The van der Waals surface area contributed by atoms with E-state index in [1.54, 1.807) is 0 Å². The normalized spacial score (nSPS) is 34.7. The fourth-order valence-electron chi connectivity index (χ4n) is 2.83. The molecule has 104 valence electrons. The summed E-state index contributed by atoms with van der Waals surface area (Å²) in [5.74, 6) is 0.822. The predicted octanol–water partition coefficient (Wildman–Crippen LogP) is -0.796. The topological polar surface area (TPSA) is 47.6 Å². The van der Waals surface area contributed by atoms with E-state index in [0.29, 0.717) is 12.0 Å². The van der Waals surface area contributed by atoms with E-state index < -0.39 is 0 Å². The molecule has 0 aromatic carbocycles. The number of carbonyl (C=O) groups is 1. The summed E-state index contributed by atoms with van der Waals surface area (Å²) in [6, 6.07) is 0.442. The molecule has 2 N–H and O–H groups in total. The van der Waals surface area contributed by atoms with E-state index in [-0.39, 0.29) is 11.8 Å².